The number of aromatic nitrogens is 1. The van der Waals surface area contributed by atoms with Crippen molar-refractivity contribution in [2.45, 2.75) is 51.1 Å². The van der Waals surface area contributed by atoms with Crippen LogP contribution < -0.4 is 16.0 Å². The Morgan fingerprint density at radius 3 is 2.52 bits per heavy atom. The van der Waals surface area contributed by atoms with Crippen LogP contribution >= 0.6 is 0 Å². The number of nitrogens with one attached hydrogen (secondary N) is 3. The minimum Gasteiger partial charge on any atom is -0.478 e. The van der Waals surface area contributed by atoms with Gasteiger partial charge in [-0.1, -0.05) is 0 Å². The highest BCUT2D eigenvalue weighted by Gasteiger charge is 2.39. The molecule has 180 valence electrons. The standard InChI is InChI=1S/C23H33N5O5/c1-23(22(32)33,26-20(30)17-8-12-25-13-9-17)27-21(31)18-3-2-14-28(15-18)19(29)5-4-16-6-10-24-11-7-16/h8-9,12-13,16,18,24H,2-7,10-11,14-15H2,1H3,(H,26,30)(H,27,31)(H,32,33)/t18-,23-/m1/s1. The minimum atomic E-state index is -1.99. The van der Waals surface area contributed by atoms with E-state index < -0.39 is 29.4 Å². The number of likely N-dealkylation sites (tertiary alicyclic amines) is 1. The molecule has 0 radical (unpaired) electrons. The number of hydrogen-bond acceptors (Lipinski definition) is 6. The molecule has 0 bridgehead atoms. The molecule has 10 nitrogen and oxygen atoms in total. The summed E-state index contributed by atoms with van der Waals surface area (Å²) >= 11 is 0. The molecule has 0 saturated carbocycles. The second-order valence-corrected chi connectivity index (χ2v) is 9.02. The summed E-state index contributed by atoms with van der Waals surface area (Å²) in [7, 11) is 0. The average Bonchev–Trinajstić information content (AvgIpc) is 2.83. The SMILES string of the molecule is C[C@@](NC(=O)c1ccncc1)(NC(=O)[C@@H]1CCCN(C(=O)CCC2CCNCC2)C1)C(=O)O. The van der Waals surface area contributed by atoms with E-state index in [1.165, 1.54) is 31.5 Å². The first-order chi connectivity index (χ1) is 15.8. The topological polar surface area (TPSA) is 141 Å². The summed E-state index contributed by atoms with van der Waals surface area (Å²) in [6, 6.07) is 2.90. The maximum Gasteiger partial charge on any atom is 0.350 e. The third-order valence-electron chi connectivity index (χ3n) is 6.48. The monoisotopic (exact) mass is 459 g/mol. The van der Waals surface area contributed by atoms with Gasteiger partial charge in [-0.3, -0.25) is 19.4 Å². The van der Waals surface area contributed by atoms with Crippen molar-refractivity contribution in [2.24, 2.45) is 11.8 Å². The fraction of sp³-hybridized carbons (Fsp3) is 0.609. The Kier molecular flexibility index (Phi) is 8.37. The van der Waals surface area contributed by atoms with Crippen LogP contribution in [0.25, 0.3) is 0 Å². The first-order valence-corrected chi connectivity index (χ1v) is 11.5. The summed E-state index contributed by atoms with van der Waals surface area (Å²) in [6.45, 7) is 4.07. The van der Waals surface area contributed by atoms with Gasteiger partial charge in [-0.25, -0.2) is 4.79 Å². The number of carboxylic acids is 1. The molecule has 1 aromatic rings. The lowest BCUT2D eigenvalue weighted by Crippen LogP contribution is -2.65. The lowest BCUT2D eigenvalue weighted by Gasteiger charge is -2.35. The van der Waals surface area contributed by atoms with E-state index in [0.29, 0.717) is 31.7 Å². The summed E-state index contributed by atoms with van der Waals surface area (Å²) in [5.41, 5.74) is -1.76. The van der Waals surface area contributed by atoms with Crippen molar-refractivity contribution < 1.29 is 24.3 Å². The van der Waals surface area contributed by atoms with Gasteiger partial charge in [0.05, 0.1) is 5.92 Å². The highest BCUT2D eigenvalue weighted by Crippen LogP contribution is 2.22. The molecule has 2 aliphatic rings. The van der Waals surface area contributed by atoms with Crippen LogP contribution in [0.4, 0.5) is 0 Å². The summed E-state index contributed by atoms with van der Waals surface area (Å²) < 4.78 is 0. The van der Waals surface area contributed by atoms with Crippen molar-refractivity contribution in [3.63, 3.8) is 0 Å². The van der Waals surface area contributed by atoms with E-state index in [2.05, 4.69) is 20.9 Å². The fourth-order valence-electron chi connectivity index (χ4n) is 4.36. The van der Waals surface area contributed by atoms with Crippen molar-refractivity contribution in [3.05, 3.63) is 30.1 Å². The number of aliphatic carboxylic acids is 1. The largest absolute Gasteiger partial charge is 0.478 e. The minimum absolute atomic E-state index is 0.0398. The Balaban J connectivity index is 1.56. The van der Waals surface area contributed by atoms with Crippen LogP contribution in [0.2, 0.25) is 0 Å². The Bertz CT molecular complexity index is 858. The van der Waals surface area contributed by atoms with Gasteiger partial charge in [-0.2, -0.15) is 0 Å². The average molecular weight is 460 g/mol. The van der Waals surface area contributed by atoms with Gasteiger partial charge in [0.25, 0.3) is 5.91 Å². The fourth-order valence-corrected chi connectivity index (χ4v) is 4.36. The molecule has 0 spiro atoms. The number of hydrogen-bond donors (Lipinski definition) is 4. The Labute approximate surface area is 193 Å². The lowest BCUT2D eigenvalue weighted by molar-refractivity contribution is -0.149. The second kappa shape index (κ2) is 11.2. The van der Waals surface area contributed by atoms with Gasteiger partial charge in [0.1, 0.15) is 0 Å². The molecule has 3 amide bonds. The molecule has 3 heterocycles. The van der Waals surface area contributed by atoms with Crippen LogP contribution in [-0.2, 0) is 14.4 Å². The molecule has 2 fully saturated rings. The van der Waals surface area contributed by atoms with E-state index in [9.17, 15) is 24.3 Å². The summed E-state index contributed by atoms with van der Waals surface area (Å²) in [5.74, 6) is -2.45. The van der Waals surface area contributed by atoms with Gasteiger partial charge >= 0.3 is 5.97 Å². The summed E-state index contributed by atoms with van der Waals surface area (Å²) in [6.07, 6.45) is 7.55. The Morgan fingerprint density at radius 1 is 1.15 bits per heavy atom. The van der Waals surface area contributed by atoms with Crippen molar-refractivity contribution in [2.75, 3.05) is 26.2 Å². The second-order valence-electron chi connectivity index (χ2n) is 9.02. The third-order valence-corrected chi connectivity index (χ3v) is 6.48. The van der Waals surface area contributed by atoms with E-state index in [4.69, 9.17) is 0 Å². The quantitative estimate of drug-likeness (QED) is 0.420. The van der Waals surface area contributed by atoms with Crippen LogP contribution in [0, 0.1) is 11.8 Å². The maximum absolute atomic E-state index is 12.9. The molecular weight excluding hydrogens is 426 g/mol. The predicted molar refractivity (Wildman–Crippen MR) is 120 cm³/mol. The lowest BCUT2D eigenvalue weighted by atomic mass is 9.92. The van der Waals surface area contributed by atoms with E-state index in [-0.39, 0.29) is 18.0 Å². The van der Waals surface area contributed by atoms with Gasteiger partial charge in [0.15, 0.2) is 0 Å². The van der Waals surface area contributed by atoms with Crippen LogP contribution in [-0.4, -0.2) is 70.5 Å². The number of piperidine rings is 2. The number of carbonyl (C=O) groups is 4. The zero-order chi connectivity index (χ0) is 23.8. The van der Waals surface area contributed by atoms with E-state index >= 15 is 0 Å². The van der Waals surface area contributed by atoms with Gasteiger partial charge in [0, 0.05) is 37.5 Å². The van der Waals surface area contributed by atoms with Crippen LogP contribution in [0.5, 0.6) is 0 Å². The third kappa shape index (κ3) is 6.74. The molecule has 2 atom stereocenters. The van der Waals surface area contributed by atoms with E-state index in [1.807, 2.05) is 0 Å². The van der Waals surface area contributed by atoms with Gasteiger partial charge < -0.3 is 26.0 Å². The van der Waals surface area contributed by atoms with Gasteiger partial charge in [0.2, 0.25) is 17.5 Å². The molecule has 3 rings (SSSR count). The highest BCUT2D eigenvalue weighted by molar-refractivity contribution is 5.99. The number of pyridine rings is 1. The molecule has 0 aliphatic carbocycles. The van der Waals surface area contributed by atoms with Crippen LogP contribution in [0.1, 0.15) is 55.8 Å². The molecule has 2 aliphatic heterocycles. The molecule has 0 aromatic carbocycles. The predicted octanol–water partition coefficient (Wildman–Crippen LogP) is 0.747. The first-order valence-electron chi connectivity index (χ1n) is 11.5. The van der Waals surface area contributed by atoms with Crippen LogP contribution in [0.15, 0.2) is 24.5 Å². The maximum atomic E-state index is 12.9. The Morgan fingerprint density at radius 2 is 1.85 bits per heavy atom. The molecular formula is C23H33N5O5. The molecule has 2 saturated heterocycles. The number of nitrogens with zero attached hydrogens (tertiary/aromatic N) is 2. The van der Waals surface area contributed by atoms with Crippen molar-refractivity contribution in [1.29, 1.82) is 0 Å². The normalized spacial score (nSPS) is 21.0. The molecule has 4 N–H and O–H groups in total. The smallest absolute Gasteiger partial charge is 0.350 e. The molecule has 1 aromatic heterocycles. The molecule has 33 heavy (non-hydrogen) atoms. The number of carboxylic acid groups (broad SMARTS) is 1. The van der Waals surface area contributed by atoms with Gasteiger partial charge in [-0.15, -0.1) is 0 Å². The zero-order valence-corrected chi connectivity index (χ0v) is 19.0. The van der Waals surface area contributed by atoms with Crippen molar-refractivity contribution in [3.8, 4) is 0 Å². The summed E-state index contributed by atoms with van der Waals surface area (Å²) in [5, 5.41) is 17.9. The molecule has 0 unspecified atom stereocenters. The Hall–Kier alpha value is -3.01. The van der Waals surface area contributed by atoms with Crippen molar-refractivity contribution in [1.82, 2.24) is 25.8 Å². The van der Waals surface area contributed by atoms with E-state index in [1.54, 1.807) is 4.90 Å². The zero-order valence-electron chi connectivity index (χ0n) is 19.0. The first kappa shape index (κ1) is 24.6. The van der Waals surface area contributed by atoms with Crippen LogP contribution in [0.3, 0.4) is 0 Å². The highest BCUT2D eigenvalue weighted by atomic mass is 16.4. The molecule has 10 heteroatoms. The van der Waals surface area contributed by atoms with Crippen molar-refractivity contribution >= 4 is 23.7 Å². The van der Waals surface area contributed by atoms with Gasteiger partial charge in [-0.05, 0) is 70.2 Å². The van der Waals surface area contributed by atoms with E-state index in [0.717, 1.165) is 32.4 Å². The number of rotatable bonds is 8. The number of amides is 3. The summed E-state index contributed by atoms with van der Waals surface area (Å²) in [4.78, 5) is 55.6. The number of carbonyl (C=O) groups excluding carboxylic acids is 3.